The summed E-state index contributed by atoms with van der Waals surface area (Å²) >= 11 is 0. The van der Waals surface area contributed by atoms with Gasteiger partial charge in [0, 0.05) is 49.4 Å². The monoisotopic (exact) mass is 475 g/mol. The molecule has 0 saturated carbocycles. The molecule has 4 rings (SSSR count). The molecule has 1 fully saturated rings. The maximum atomic E-state index is 6.48. The Morgan fingerprint density at radius 3 is 2.09 bits per heavy atom. The third-order valence-corrected chi connectivity index (χ3v) is 7.33. The molecule has 0 atom stereocenters. The molecule has 2 aliphatic heterocycles. The van der Waals surface area contributed by atoms with Gasteiger partial charge in [-0.05, 0) is 59.7 Å². The maximum Gasteiger partial charge on any atom is 0.126 e. The summed E-state index contributed by atoms with van der Waals surface area (Å²) < 4.78 is 6.48. The first-order valence-electron chi connectivity index (χ1n) is 13.4. The predicted molar refractivity (Wildman–Crippen MR) is 150 cm³/mol. The lowest BCUT2D eigenvalue weighted by atomic mass is 9.77. The van der Waals surface area contributed by atoms with Gasteiger partial charge in [0.15, 0.2) is 0 Å². The number of fused-ring (bicyclic) bond motifs is 1. The van der Waals surface area contributed by atoms with Crippen LogP contribution in [0.3, 0.4) is 0 Å². The summed E-state index contributed by atoms with van der Waals surface area (Å²) in [7, 11) is 2.20. The summed E-state index contributed by atoms with van der Waals surface area (Å²) in [6.07, 6.45) is 3.10. The molecule has 0 spiro atoms. The van der Waals surface area contributed by atoms with Gasteiger partial charge >= 0.3 is 0 Å². The number of ether oxygens (including phenoxy) is 1. The molecule has 0 N–H and O–H groups in total. The van der Waals surface area contributed by atoms with Crippen molar-refractivity contribution >= 4 is 17.1 Å². The Morgan fingerprint density at radius 1 is 0.886 bits per heavy atom. The zero-order valence-electron chi connectivity index (χ0n) is 23.3. The van der Waals surface area contributed by atoms with E-state index in [4.69, 9.17) is 9.73 Å². The van der Waals surface area contributed by atoms with Crippen LogP contribution in [0, 0.1) is 0 Å². The van der Waals surface area contributed by atoms with Crippen molar-refractivity contribution in [3.63, 3.8) is 0 Å². The fourth-order valence-corrected chi connectivity index (χ4v) is 4.98. The van der Waals surface area contributed by atoms with Gasteiger partial charge in [-0.1, -0.05) is 61.0 Å². The quantitative estimate of drug-likeness (QED) is 0.426. The van der Waals surface area contributed by atoms with Gasteiger partial charge in [-0.25, -0.2) is 0 Å². The highest BCUT2D eigenvalue weighted by molar-refractivity contribution is 6.07. The number of benzene rings is 2. The van der Waals surface area contributed by atoms with E-state index in [1.165, 1.54) is 33.7 Å². The fraction of sp³-hybridized carbons (Fsp3) is 0.581. The van der Waals surface area contributed by atoms with Crippen LogP contribution in [0.25, 0.3) is 0 Å². The summed E-state index contributed by atoms with van der Waals surface area (Å²) in [5.41, 5.74) is 8.71. The second-order valence-electron chi connectivity index (χ2n) is 12.4. The van der Waals surface area contributed by atoms with E-state index in [1.54, 1.807) is 0 Å². The lowest BCUT2D eigenvalue weighted by Gasteiger charge is -2.34. The Labute approximate surface area is 213 Å². The van der Waals surface area contributed by atoms with Crippen LogP contribution in [0.2, 0.25) is 0 Å². The van der Waals surface area contributed by atoms with E-state index >= 15 is 0 Å². The van der Waals surface area contributed by atoms with Gasteiger partial charge in [0.1, 0.15) is 5.75 Å². The number of rotatable bonds is 6. The molecular formula is C31H45N3O. The van der Waals surface area contributed by atoms with Gasteiger partial charge in [-0.3, -0.25) is 4.99 Å². The van der Waals surface area contributed by atoms with Gasteiger partial charge in [-0.2, -0.15) is 0 Å². The fourth-order valence-electron chi connectivity index (χ4n) is 4.98. The molecule has 0 bridgehead atoms. The molecule has 2 aliphatic rings. The number of nitrogens with zero attached hydrogens (tertiary/aromatic N) is 3. The number of piperazine rings is 1. The predicted octanol–water partition coefficient (Wildman–Crippen LogP) is 6.89. The molecule has 190 valence electrons. The molecule has 0 unspecified atom stereocenters. The second kappa shape index (κ2) is 9.97. The van der Waals surface area contributed by atoms with Crippen LogP contribution in [0.1, 0.15) is 83.6 Å². The minimum atomic E-state index is -0.0157. The van der Waals surface area contributed by atoms with Crippen molar-refractivity contribution in [1.82, 2.24) is 4.90 Å². The maximum absolute atomic E-state index is 6.48. The van der Waals surface area contributed by atoms with Crippen LogP contribution < -0.4 is 9.64 Å². The molecule has 2 aromatic carbocycles. The van der Waals surface area contributed by atoms with E-state index in [2.05, 4.69) is 95.6 Å². The van der Waals surface area contributed by atoms with E-state index in [1.807, 2.05) is 0 Å². The molecule has 0 radical (unpaired) electrons. The SMILES string of the molecule is CCCCOc1c(C(C)(C)C)cc(C2=Nc3cc(N4CCN(C)CC4)ccc3C2)cc1C(C)(C)C. The van der Waals surface area contributed by atoms with Crippen LogP contribution in [-0.4, -0.2) is 50.4 Å². The first-order valence-corrected chi connectivity index (χ1v) is 13.4. The van der Waals surface area contributed by atoms with Gasteiger partial charge < -0.3 is 14.5 Å². The molecule has 2 heterocycles. The Morgan fingerprint density at radius 2 is 1.51 bits per heavy atom. The van der Waals surface area contributed by atoms with Crippen LogP contribution in [-0.2, 0) is 17.3 Å². The molecule has 0 amide bonds. The second-order valence-corrected chi connectivity index (χ2v) is 12.4. The number of likely N-dealkylation sites (N-methyl/N-ethyl adjacent to an activating group) is 1. The highest BCUT2D eigenvalue weighted by Gasteiger charge is 2.30. The average Bonchev–Trinajstić information content (AvgIpc) is 3.21. The highest BCUT2D eigenvalue weighted by Crippen LogP contribution is 2.42. The van der Waals surface area contributed by atoms with Crippen LogP contribution in [0.5, 0.6) is 5.75 Å². The van der Waals surface area contributed by atoms with E-state index in [-0.39, 0.29) is 10.8 Å². The number of unbranched alkanes of at least 4 members (excludes halogenated alkanes) is 1. The average molecular weight is 476 g/mol. The normalized spacial score (nSPS) is 16.9. The van der Waals surface area contributed by atoms with Crippen LogP contribution >= 0.6 is 0 Å². The Hall–Kier alpha value is -2.33. The summed E-state index contributed by atoms with van der Waals surface area (Å²) in [6, 6.07) is 11.6. The lowest BCUT2D eigenvalue weighted by Crippen LogP contribution is -2.44. The zero-order chi connectivity index (χ0) is 25.4. The van der Waals surface area contributed by atoms with E-state index in [0.29, 0.717) is 0 Å². The molecule has 0 aliphatic carbocycles. The largest absolute Gasteiger partial charge is 0.493 e. The van der Waals surface area contributed by atoms with Gasteiger partial charge in [0.2, 0.25) is 0 Å². The molecule has 0 aromatic heterocycles. The van der Waals surface area contributed by atoms with Gasteiger partial charge in [0.05, 0.1) is 18.0 Å². The molecule has 1 saturated heterocycles. The molecule has 35 heavy (non-hydrogen) atoms. The third-order valence-electron chi connectivity index (χ3n) is 7.33. The van der Waals surface area contributed by atoms with Crippen molar-refractivity contribution in [2.45, 2.75) is 78.6 Å². The summed E-state index contributed by atoms with van der Waals surface area (Å²) in [4.78, 5) is 10.1. The minimum Gasteiger partial charge on any atom is -0.493 e. The van der Waals surface area contributed by atoms with Crippen molar-refractivity contribution in [3.8, 4) is 5.75 Å². The summed E-state index contributed by atoms with van der Waals surface area (Å²) in [5.74, 6) is 1.08. The Kier molecular flexibility index (Phi) is 7.33. The molecule has 4 heteroatoms. The first kappa shape index (κ1) is 25.8. The number of hydrogen-bond donors (Lipinski definition) is 0. The van der Waals surface area contributed by atoms with Crippen molar-refractivity contribution in [2.75, 3.05) is 44.7 Å². The van der Waals surface area contributed by atoms with Gasteiger partial charge in [-0.15, -0.1) is 0 Å². The zero-order valence-corrected chi connectivity index (χ0v) is 23.3. The molecule has 2 aromatic rings. The third kappa shape index (κ3) is 5.74. The van der Waals surface area contributed by atoms with Gasteiger partial charge in [0.25, 0.3) is 0 Å². The molecular weight excluding hydrogens is 430 g/mol. The van der Waals surface area contributed by atoms with Crippen LogP contribution in [0.4, 0.5) is 11.4 Å². The number of anilines is 1. The Balaban J connectivity index is 1.72. The highest BCUT2D eigenvalue weighted by atomic mass is 16.5. The topological polar surface area (TPSA) is 28.1 Å². The molecule has 4 nitrogen and oxygen atoms in total. The van der Waals surface area contributed by atoms with Crippen LogP contribution in [0.15, 0.2) is 35.3 Å². The smallest absolute Gasteiger partial charge is 0.126 e. The van der Waals surface area contributed by atoms with Crippen molar-refractivity contribution in [1.29, 1.82) is 0 Å². The standard InChI is InChI=1S/C31H45N3O/c1-9-10-17-35-29-25(30(2,3)4)18-23(19-26(29)31(5,6)7)27-20-22-11-12-24(21-28(22)32-27)34-15-13-33(8)14-16-34/h11-12,18-19,21H,9-10,13-17,20H2,1-8H3. The van der Waals surface area contributed by atoms with Crippen molar-refractivity contribution < 1.29 is 4.74 Å². The van der Waals surface area contributed by atoms with E-state index in [9.17, 15) is 0 Å². The first-order chi connectivity index (χ1) is 16.5. The lowest BCUT2D eigenvalue weighted by molar-refractivity contribution is 0.293. The Bertz CT molecular complexity index is 1040. The minimum absolute atomic E-state index is 0.0157. The summed E-state index contributed by atoms with van der Waals surface area (Å²) in [5, 5.41) is 0. The van der Waals surface area contributed by atoms with Crippen molar-refractivity contribution in [3.05, 3.63) is 52.6 Å². The van der Waals surface area contributed by atoms with E-state index < -0.39 is 0 Å². The number of hydrogen-bond acceptors (Lipinski definition) is 4. The summed E-state index contributed by atoms with van der Waals surface area (Å²) in [6.45, 7) is 21.1. The van der Waals surface area contributed by atoms with E-state index in [0.717, 1.165) is 63.5 Å². The van der Waals surface area contributed by atoms with Crippen molar-refractivity contribution in [2.24, 2.45) is 4.99 Å². The number of aliphatic imine (C=N–C) groups is 1.